The minimum atomic E-state index is 0.141. The maximum atomic E-state index is 9.16. The number of likely N-dealkylation sites (N-methyl/N-ethyl adjacent to an activating group) is 1. The van der Waals surface area contributed by atoms with Gasteiger partial charge in [-0.25, -0.2) is 0 Å². The second-order valence-corrected chi connectivity index (χ2v) is 5.58. The van der Waals surface area contributed by atoms with Crippen molar-refractivity contribution in [3.63, 3.8) is 0 Å². The van der Waals surface area contributed by atoms with Crippen LogP contribution in [-0.2, 0) is 11.3 Å². The van der Waals surface area contributed by atoms with E-state index in [1.807, 2.05) is 0 Å². The first-order valence-corrected chi connectivity index (χ1v) is 8.13. The predicted octanol–water partition coefficient (Wildman–Crippen LogP) is 1.78. The average molecular weight is 308 g/mol. The smallest absolute Gasteiger partial charge is 0.142 e. The van der Waals surface area contributed by atoms with Crippen molar-refractivity contribution in [3.05, 3.63) is 23.8 Å². The summed E-state index contributed by atoms with van der Waals surface area (Å²) in [5, 5.41) is 12.6. The minimum Gasteiger partial charge on any atom is -0.495 e. The Morgan fingerprint density at radius 2 is 2.32 bits per heavy atom. The molecule has 0 aromatic heterocycles. The van der Waals surface area contributed by atoms with Gasteiger partial charge in [0.15, 0.2) is 0 Å². The van der Waals surface area contributed by atoms with Crippen LogP contribution in [0.25, 0.3) is 0 Å². The molecular weight excluding hydrogens is 280 g/mol. The van der Waals surface area contributed by atoms with E-state index in [0.717, 1.165) is 44.1 Å². The number of benzene rings is 1. The quantitative estimate of drug-likeness (QED) is 0.728. The number of ether oxygens (including phenoxy) is 2. The Kier molecular flexibility index (Phi) is 6.96. The fourth-order valence-corrected chi connectivity index (χ4v) is 2.85. The average Bonchev–Trinajstić information content (AvgIpc) is 3.06. The molecule has 1 aliphatic rings. The second-order valence-electron chi connectivity index (χ2n) is 5.58. The Morgan fingerprint density at radius 3 is 2.95 bits per heavy atom. The molecule has 0 spiro atoms. The van der Waals surface area contributed by atoms with E-state index in [0.29, 0.717) is 12.6 Å². The molecule has 0 saturated carbocycles. The molecule has 1 atom stereocenters. The number of hydrogen-bond acceptors (Lipinski definition) is 5. The van der Waals surface area contributed by atoms with Gasteiger partial charge in [-0.05, 0) is 37.5 Å². The van der Waals surface area contributed by atoms with Crippen LogP contribution >= 0.6 is 0 Å². The van der Waals surface area contributed by atoms with E-state index >= 15 is 0 Å². The third-order valence-electron chi connectivity index (χ3n) is 4.06. The van der Waals surface area contributed by atoms with Crippen LogP contribution in [0.3, 0.4) is 0 Å². The van der Waals surface area contributed by atoms with Crippen LogP contribution in [-0.4, -0.2) is 51.2 Å². The zero-order valence-electron chi connectivity index (χ0n) is 13.7. The molecule has 1 heterocycles. The van der Waals surface area contributed by atoms with Crippen LogP contribution in [0.2, 0.25) is 0 Å². The molecule has 0 radical (unpaired) electrons. The summed E-state index contributed by atoms with van der Waals surface area (Å²) in [6.07, 6.45) is 2.69. The molecule has 1 aromatic rings. The van der Waals surface area contributed by atoms with Gasteiger partial charge < -0.3 is 24.8 Å². The van der Waals surface area contributed by atoms with Gasteiger partial charge in [0.05, 0.1) is 25.5 Å². The molecular formula is C17H28N2O3. The van der Waals surface area contributed by atoms with E-state index < -0.39 is 0 Å². The van der Waals surface area contributed by atoms with Crippen molar-refractivity contribution < 1.29 is 14.6 Å². The highest BCUT2D eigenvalue weighted by Gasteiger charge is 2.15. The topological polar surface area (TPSA) is 54.0 Å². The lowest BCUT2D eigenvalue weighted by molar-refractivity contribution is 0.110. The molecule has 1 fully saturated rings. The highest BCUT2D eigenvalue weighted by Crippen LogP contribution is 2.29. The van der Waals surface area contributed by atoms with Gasteiger partial charge in [0, 0.05) is 32.8 Å². The van der Waals surface area contributed by atoms with Gasteiger partial charge >= 0.3 is 0 Å². The van der Waals surface area contributed by atoms with Gasteiger partial charge in [-0.3, -0.25) is 0 Å². The Labute approximate surface area is 133 Å². The summed E-state index contributed by atoms with van der Waals surface area (Å²) in [5.74, 6) is 0.853. The van der Waals surface area contributed by atoms with E-state index in [1.54, 1.807) is 7.11 Å². The Balaban J connectivity index is 1.95. The standard InChI is InChI=1S/C17H28N2O3/c1-3-19(8-9-20)16-7-6-14(11-17(16)21-2)12-18-13-15-5-4-10-22-15/h6-7,11,15,18,20H,3-5,8-10,12-13H2,1-2H3. The number of hydrogen-bond donors (Lipinski definition) is 2. The van der Waals surface area contributed by atoms with Crippen molar-refractivity contribution in [1.82, 2.24) is 5.32 Å². The monoisotopic (exact) mass is 308 g/mol. The molecule has 2 rings (SSSR count). The van der Waals surface area contributed by atoms with Gasteiger partial charge in [0.25, 0.3) is 0 Å². The number of aliphatic hydroxyl groups excluding tert-OH is 1. The van der Waals surface area contributed by atoms with Crippen molar-refractivity contribution >= 4 is 5.69 Å². The van der Waals surface area contributed by atoms with E-state index in [9.17, 15) is 0 Å². The number of nitrogens with zero attached hydrogens (tertiary/aromatic N) is 1. The number of rotatable bonds is 9. The van der Waals surface area contributed by atoms with Gasteiger partial charge in [-0.15, -0.1) is 0 Å². The summed E-state index contributed by atoms with van der Waals surface area (Å²) in [7, 11) is 1.69. The zero-order chi connectivity index (χ0) is 15.8. The van der Waals surface area contributed by atoms with Crippen molar-refractivity contribution in [3.8, 4) is 5.75 Å². The van der Waals surface area contributed by atoms with Gasteiger partial charge in [0.2, 0.25) is 0 Å². The summed E-state index contributed by atoms with van der Waals surface area (Å²) in [4.78, 5) is 2.11. The summed E-state index contributed by atoms with van der Waals surface area (Å²) in [5.41, 5.74) is 2.22. The summed E-state index contributed by atoms with van der Waals surface area (Å²) >= 11 is 0. The molecule has 1 aliphatic heterocycles. The number of aliphatic hydroxyl groups is 1. The number of anilines is 1. The number of nitrogens with one attached hydrogen (secondary N) is 1. The normalized spacial score (nSPS) is 17.7. The third-order valence-corrected chi connectivity index (χ3v) is 4.06. The first kappa shape index (κ1) is 17.1. The fourth-order valence-electron chi connectivity index (χ4n) is 2.85. The largest absolute Gasteiger partial charge is 0.495 e. The van der Waals surface area contributed by atoms with Crippen LogP contribution in [0, 0.1) is 0 Å². The van der Waals surface area contributed by atoms with E-state index in [1.165, 1.54) is 12.0 Å². The fraction of sp³-hybridized carbons (Fsp3) is 0.647. The molecule has 0 aliphatic carbocycles. The molecule has 1 saturated heterocycles. The predicted molar refractivity (Wildman–Crippen MR) is 88.6 cm³/mol. The first-order chi connectivity index (χ1) is 10.8. The Bertz CT molecular complexity index is 448. The van der Waals surface area contributed by atoms with Crippen molar-refractivity contribution in [1.29, 1.82) is 0 Å². The van der Waals surface area contributed by atoms with Crippen molar-refractivity contribution in [2.75, 3.05) is 44.9 Å². The first-order valence-electron chi connectivity index (χ1n) is 8.13. The molecule has 2 N–H and O–H groups in total. The molecule has 1 unspecified atom stereocenters. The van der Waals surface area contributed by atoms with Crippen LogP contribution in [0.5, 0.6) is 5.75 Å². The third kappa shape index (κ3) is 4.60. The maximum Gasteiger partial charge on any atom is 0.142 e. The maximum absolute atomic E-state index is 9.16. The Hall–Kier alpha value is -1.30. The van der Waals surface area contributed by atoms with Crippen LogP contribution in [0.1, 0.15) is 25.3 Å². The molecule has 22 heavy (non-hydrogen) atoms. The van der Waals surface area contributed by atoms with Crippen LogP contribution in [0.4, 0.5) is 5.69 Å². The lowest BCUT2D eigenvalue weighted by Crippen LogP contribution is -2.27. The Morgan fingerprint density at radius 1 is 1.45 bits per heavy atom. The zero-order valence-corrected chi connectivity index (χ0v) is 13.7. The second kappa shape index (κ2) is 8.98. The van der Waals surface area contributed by atoms with Gasteiger partial charge in [-0.1, -0.05) is 6.07 Å². The molecule has 5 nitrogen and oxygen atoms in total. The summed E-state index contributed by atoms with van der Waals surface area (Å²) < 4.78 is 11.1. The van der Waals surface area contributed by atoms with Crippen LogP contribution < -0.4 is 15.0 Å². The molecule has 0 bridgehead atoms. The van der Waals surface area contributed by atoms with Crippen molar-refractivity contribution in [2.45, 2.75) is 32.4 Å². The number of methoxy groups -OCH3 is 1. The lowest BCUT2D eigenvalue weighted by atomic mass is 10.1. The SMILES string of the molecule is CCN(CCO)c1ccc(CNCC2CCCO2)cc1OC. The highest BCUT2D eigenvalue weighted by molar-refractivity contribution is 5.59. The molecule has 1 aromatic carbocycles. The van der Waals surface area contributed by atoms with E-state index in [4.69, 9.17) is 14.6 Å². The van der Waals surface area contributed by atoms with Gasteiger partial charge in [0.1, 0.15) is 5.75 Å². The molecule has 124 valence electrons. The molecule has 5 heteroatoms. The lowest BCUT2D eigenvalue weighted by Gasteiger charge is -2.24. The molecule has 0 amide bonds. The van der Waals surface area contributed by atoms with Crippen LogP contribution in [0.15, 0.2) is 18.2 Å². The van der Waals surface area contributed by atoms with E-state index in [-0.39, 0.29) is 6.61 Å². The van der Waals surface area contributed by atoms with E-state index in [2.05, 4.69) is 35.3 Å². The highest BCUT2D eigenvalue weighted by atomic mass is 16.5. The van der Waals surface area contributed by atoms with Crippen molar-refractivity contribution in [2.24, 2.45) is 0 Å². The minimum absolute atomic E-state index is 0.141. The van der Waals surface area contributed by atoms with Gasteiger partial charge in [-0.2, -0.15) is 0 Å². The summed E-state index contributed by atoms with van der Waals surface area (Å²) in [6.45, 7) is 6.27. The summed E-state index contributed by atoms with van der Waals surface area (Å²) in [6, 6.07) is 6.25.